The molecule has 0 radical (unpaired) electrons. The number of hydrogen-bond donors (Lipinski definition) is 1. The molecular weight excluding hydrogens is 326 g/mol. The van der Waals surface area contributed by atoms with Gasteiger partial charge in [0.25, 0.3) is 0 Å². The van der Waals surface area contributed by atoms with Crippen molar-refractivity contribution in [3.63, 3.8) is 0 Å². The number of para-hydroxylation sites is 1. The van der Waals surface area contributed by atoms with Crippen LogP contribution in [0.15, 0.2) is 63.4 Å². The maximum absolute atomic E-state index is 10.5. The van der Waals surface area contributed by atoms with Crippen molar-refractivity contribution in [3.05, 3.63) is 59.6 Å². The Labute approximate surface area is 140 Å². The summed E-state index contributed by atoms with van der Waals surface area (Å²) >= 11 is 5.98. The SMILES string of the molecule is Oc1cc2c(cc1-c1nc3cc(Cl)ccc3o1)oc1ccccc12. The zero-order valence-corrected chi connectivity index (χ0v) is 13.0. The Morgan fingerprint density at radius 1 is 0.833 bits per heavy atom. The molecule has 5 heteroatoms. The lowest BCUT2D eigenvalue weighted by atomic mass is 10.1. The van der Waals surface area contributed by atoms with E-state index in [1.807, 2.05) is 24.3 Å². The van der Waals surface area contributed by atoms with Crippen molar-refractivity contribution in [1.29, 1.82) is 0 Å². The highest BCUT2D eigenvalue weighted by molar-refractivity contribution is 6.31. The minimum atomic E-state index is 0.0895. The Kier molecular flexibility index (Phi) is 2.67. The fourth-order valence-corrected chi connectivity index (χ4v) is 3.11. The summed E-state index contributed by atoms with van der Waals surface area (Å²) in [5, 5.41) is 12.8. The second-order valence-corrected chi connectivity index (χ2v) is 6.03. The van der Waals surface area contributed by atoms with E-state index in [2.05, 4.69) is 4.98 Å². The number of aromatic hydroxyl groups is 1. The van der Waals surface area contributed by atoms with E-state index in [1.54, 1.807) is 30.3 Å². The van der Waals surface area contributed by atoms with Crippen LogP contribution in [0.4, 0.5) is 0 Å². The second kappa shape index (κ2) is 4.76. The van der Waals surface area contributed by atoms with Gasteiger partial charge in [0.15, 0.2) is 5.58 Å². The molecule has 0 aliphatic rings. The molecular formula is C19H10ClNO3. The van der Waals surface area contributed by atoms with Gasteiger partial charge in [0.05, 0.1) is 5.56 Å². The number of halogens is 1. The predicted octanol–water partition coefficient (Wildman–Crippen LogP) is 5.75. The number of aromatic nitrogens is 1. The molecule has 0 atom stereocenters. The first-order chi connectivity index (χ1) is 11.7. The van der Waals surface area contributed by atoms with E-state index in [0.29, 0.717) is 33.2 Å². The van der Waals surface area contributed by atoms with Crippen LogP contribution in [0.25, 0.3) is 44.5 Å². The first-order valence-electron chi connectivity index (χ1n) is 7.40. The molecule has 24 heavy (non-hydrogen) atoms. The predicted molar refractivity (Wildman–Crippen MR) is 93.4 cm³/mol. The van der Waals surface area contributed by atoms with Crippen molar-refractivity contribution in [2.75, 3.05) is 0 Å². The van der Waals surface area contributed by atoms with Gasteiger partial charge in [-0.2, -0.15) is 0 Å². The van der Waals surface area contributed by atoms with E-state index in [0.717, 1.165) is 16.4 Å². The first-order valence-corrected chi connectivity index (χ1v) is 7.77. The van der Waals surface area contributed by atoms with Crippen molar-refractivity contribution in [2.45, 2.75) is 0 Å². The molecule has 0 amide bonds. The fourth-order valence-electron chi connectivity index (χ4n) is 2.95. The Morgan fingerprint density at radius 2 is 1.71 bits per heavy atom. The average molecular weight is 336 g/mol. The van der Waals surface area contributed by atoms with Crippen molar-refractivity contribution in [1.82, 2.24) is 4.98 Å². The standard InChI is InChI=1S/C19H10ClNO3/c20-10-5-6-17-14(7-10)21-19(24-17)13-9-18-12(8-15(13)22)11-3-1-2-4-16(11)23-18/h1-9,22H. The second-order valence-electron chi connectivity index (χ2n) is 5.59. The molecule has 4 nitrogen and oxygen atoms in total. The largest absolute Gasteiger partial charge is 0.507 e. The molecule has 1 N–H and O–H groups in total. The number of furan rings is 1. The number of benzene rings is 3. The summed E-state index contributed by atoms with van der Waals surface area (Å²) in [6.45, 7) is 0. The quantitative estimate of drug-likeness (QED) is 0.423. The summed E-state index contributed by atoms with van der Waals surface area (Å²) in [4.78, 5) is 4.41. The lowest BCUT2D eigenvalue weighted by Crippen LogP contribution is -1.79. The summed E-state index contributed by atoms with van der Waals surface area (Å²) in [5.41, 5.74) is 3.17. The number of oxazole rings is 1. The molecule has 0 bridgehead atoms. The van der Waals surface area contributed by atoms with Crippen LogP contribution in [0.1, 0.15) is 0 Å². The molecule has 5 aromatic rings. The number of rotatable bonds is 1. The topological polar surface area (TPSA) is 59.4 Å². The molecule has 116 valence electrons. The van der Waals surface area contributed by atoms with Crippen LogP contribution in [0, 0.1) is 0 Å². The Morgan fingerprint density at radius 3 is 2.62 bits per heavy atom. The lowest BCUT2D eigenvalue weighted by molar-refractivity contribution is 0.474. The summed E-state index contributed by atoms with van der Waals surface area (Å²) in [7, 11) is 0. The highest BCUT2D eigenvalue weighted by Crippen LogP contribution is 2.38. The van der Waals surface area contributed by atoms with Crippen LogP contribution >= 0.6 is 11.6 Å². The van der Waals surface area contributed by atoms with Crippen LogP contribution in [-0.2, 0) is 0 Å². The van der Waals surface area contributed by atoms with E-state index in [-0.39, 0.29) is 5.75 Å². The van der Waals surface area contributed by atoms with Crippen LogP contribution in [0.2, 0.25) is 5.02 Å². The Balaban J connectivity index is 1.78. The van der Waals surface area contributed by atoms with Gasteiger partial charge in [-0.15, -0.1) is 0 Å². The first kappa shape index (κ1) is 13.5. The minimum Gasteiger partial charge on any atom is -0.507 e. The summed E-state index contributed by atoms with van der Waals surface area (Å²) in [6.07, 6.45) is 0. The fraction of sp³-hybridized carbons (Fsp3) is 0. The monoisotopic (exact) mass is 335 g/mol. The highest BCUT2D eigenvalue weighted by Gasteiger charge is 2.16. The van der Waals surface area contributed by atoms with Gasteiger partial charge in [0.2, 0.25) is 5.89 Å². The third-order valence-corrected chi connectivity index (χ3v) is 4.31. The summed E-state index contributed by atoms with van der Waals surface area (Å²) in [6, 6.07) is 16.3. The van der Waals surface area contributed by atoms with Gasteiger partial charge < -0.3 is 13.9 Å². The maximum Gasteiger partial charge on any atom is 0.231 e. The smallest absolute Gasteiger partial charge is 0.231 e. The van der Waals surface area contributed by atoms with E-state index < -0.39 is 0 Å². The third kappa shape index (κ3) is 1.90. The van der Waals surface area contributed by atoms with E-state index >= 15 is 0 Å². The van der Waals surface area contributed by atoms with E-state index in [1.165, 1.54) is 0 Å². The van der Waals surface area contributed by atoms with Gasteiger partial charge in [-0.05, 0) is 36.4 Å². The van der Waals surface area contributed by atoms with Crippen molar-refractivity contribution in [2.24, 2.45) is 0 Å². The van der Waals surface area contributed by atoms with Gasteiger partial charge >= 0.3 is 0 Å². The van der Waals surface area contributed by atoms with E-state index in [9.17, 15) is 5.11 Å². The number of phenolic OH excluding ortho intramolecular Hbond substituents is 1. The molecule has 0 unspecified atom stereocenters. The van der Waals surface area contributed by atoms with Crippen molar-refractivity contribution < 1.29 is 13.9 Å². The van der Waals surface area contributed by atoms with Gasteiger partial charge in [-0.1, -0.05) is 29.8 Å². The molecule has 2 aromatic heterocycles. The number of hydrogen-bond acceptors (Lipinski definition) is 4. The average Bonchev–Trinajstić information content (AvgIpc) is 3.14. The van der Waals surface area contributed by atoms with Crippen LogP contribution in [-0.4, -0.2) is 10.1 Å². The molecule has 0 aliphatic heterocycles. The molecule has 3 aromatic carbocycles. The van der Waals surface area contributed by atoms with Gasteiger partial charge in [-0.3, -0.25) is 0 Å². The van der Waals surface area contributed by atoms with Crippen LogP contribution in [0.3, 0.4) is 0 Å². The van der Waals surface area contributed by atoms with Crippen LogP contribution < -0.4 is 0 Å². The molecule has 0 saturated heterocycles. The molecule has 2 heterocycles. The molecule has 5 rings (SSSR count). The summed E-state index contributed by atoms with van der Waals surface area (Å²) < 4.78 is 11.6. The highest BCUT2D eigenvalue weighted by atomic mass is 35.5. The van der Waals surface area contributed by atoms with Gasteiger partial charge in [-0.25, -0.2) is 4.98 Å². The van der Waals surface area contributed by atoms with Crippen molar-refractivity contribution >= 4 is 44.6 Å². The van der Waals surface area contributed by atoms with Crippen molar-refractivity contribution in [3.8, 4) is 17.2 Å². The lowest BCUT2D eigenvalue weighted by Gasteiger charge is -2.00. The number of fused-ring (bicyclic) bond motifs is 4. The maximum atomic E-state index is 10.5. The Hall–Kier alpha value is -2.98. The molecule has 0 fully saturated rings. The van der Waals surface area contributed by atoms with Gasteiger partial charge in [0, 0.05) is 15.8 Å². The van der Waals surface area contributed by atoms with Crippen LogP contribution in [0.5, 0.6) is 5.75 Å². The summed E-state index contributed by atoms with van der Waals surface area (Å²) in [5.74, 6) is 0.416. The molecule has 0 saturated carbocycles. The molecule has 0 spiro atoms. The normalized spacial score (nSPS) is 11.7. The minimum absolute atomic E-state index is 0.0895. The Bertz CT molecular complexity index is 1240. The molecule has 0 aliphatic carbocycles. The zero-order valence-electron chi connectivity index (χ0n) is 12.3. The number of phenols is 1. The van der Waals surface area contributed by atoms with Gasteiger partial charge in [0.1, 0.15) is 22.4 Å². The van der Waals surface area contributed by atoms with E-state index in [4.69, 9.17) is 20.4 Å². The zero-order chi connectivity index (χ0) is 16.3. The number of nitrogens with zero attached hydrogens (tertiary/aromatic N) is 1. The third-order valence-electron chi connectivity index (χ3n) is 4.08.